The number of benzene rings is 10. The summed E-state index contributed by atoms with van der Waals surface area (Å²) >= 11 is 0. The Morgan fingerprint density at radius 1 is 0.210 bits per heavy atom. The summed E-state index contributed by atoms with van der Waals surface area (Å²) < 4.78 is 44.4. The van der Waals surface area contributed by atoms with Gasteiger partial charge in [-0.3, -0.25) is 0 Å². The number of ether oxygens (including phenoxy) is 8. The predicted molar refractivity (Wildman–Crippen MR) is 325 cm³/mol. The third kappa shape index (κ3) is 13.8. The van der Waals surface area contributed by atoms with Crippen LogP contribution in [0, 0.1) is 0 Å². The van der Waals surface area contributed by atoms with Gasteiger partial charge in [-0.25, -0.2) is 38.4 Å². The van der Waals surface area contributed by atoms with Crippen molar-refractivity contribution >= 4 is 58.5 Å². The van der Waals surface area contributed by atoms with E-state index in [4.69, 9.17) is 37.9 Å². The summed E-state index contributed by atoms with van der Waals surface area (Å²) in [6.07, 6.45) is 0. The molecule has 34 nitrogen and oxygen atoms in total. The molecule has 0 saturated heterocycles. The van der Waals surface area contributed by atoms with E-state index in [-0.39, 0.29) is 10.8 Å². The summed E-state index contributed by atoms with van der Waals surface area (Å²) in [5.41, 5.74) is -6.45. The molecule has 0 amide bonds. The number of phenols is 18. The third-order valence-corrected chi connectivity index (χ3v) is 13.8. The van der Waals surface area contributed by atoms with Crippen molar-refractivity contribution in [2.45, 2.75) is 0 Å². The van der Waals surface area contributed by atoms with E-state index in [0.717, 1.165) is 12.1 Å². The summed E-state index contributed by atoms with van der Waals surface area (Å²) in [4.78, 5) is 113. The molecule has 508 valence electrons. The van der Waals surface area contributed by atoms with E-state index < -0.39 is 242 Å². The molecule has 0 spiro atoms. The molecule has 0 unspecified atom stereocenters. The van der Waals surface area contributed by atoms with E-state index in [2.05, 4.69) is 0 Å². The number of carbonyl (C=O) groups excluding carboxylic acids is 8. The van der Waals surface area contributed by atoms with Crippen LogP contribution in [-0.2, 0) is 0 Å². The first-order valence-corrected chi connectivity index (χ1v) is 27.4. The van der Waals surface area contributed by atoms with Crippen LogP contribution in [0.1, 0.15) is 82.9 Å². The fourth-order valence-corrected chi connectivity index (χ4v) is 8.88. The van der Waals surface area contributed by atoms with Crippen LogP contribution in [0.2, 0.25) is 0 Å². The largest absolute Gasteiger partial charge is 0.504 e. The lowest BCUT2D eigenvalue weighted by molar-refractivity contribution is 0.0652. The molecule has 10 aromatic carbocycles. The molecule has 0 aliphatic rings. The van der Waals surface area contributed by atoms with E-state index in [9.17, 15) is 130 Å². The Hall–Kier alpha value is -15.4. The fourth-order valence-electron chi connectivity index (χ4n) is 8.88. The minimum absolute atomic E-state index is 0.00114. The Morgan fingerprint density at radius 3 is 0.660 bits per heavy atom. The van der Waals surface area contributed by atoms with Gasteiger partial charge in [0.05, 0.1) is 44.5 Å². The minimum atomic E-state index is -1.63. The molecule has 18 N–H and O–H groups in total. The number of rotatable bonds is 16. The van der Waals surface area contributed by atoms with Crippen LogP contribution >= 0.6 is 0 Å². The van der Waals surface area contributed by atoms with Gasteiger partial charge in [0.1, 0.15) is 11.5 Å². The van der Waals surface area contributed by atoms with Crippen LogP contribution < -0.4 is 37.9 Å². The second kappa shape index (κ2) is 26.6. The highest BCUT2D eigenvalue weighted by Crippen LogP contribution is 2.47. The van der Waals surface area contributed by atoms with Crippen LogP contribution in [-0.4, -0.2) is 140 Å². The van der Waals surface area contributed by atoms with Gasteiger partial charge >= 0.3 is 47.8 Å². The second-order valence-corrected chi connectivity index (χ2v) is 20.5. The highest BCUT2D eigenvalue weighted by molar-refractivity contribution is 6.03. The van der Waals surface area contributed by atoms with E-state index in [0.29, 0.717) is 97.1 Å². The van der Waals surface area contributed by atoms with Gasteiger partial charge in [-0.15, -0.1) is 0 Å². The van der Waals surface area contributed by atoms with E-state index >= 15 is 0 Å². The Kier molecular flexibility index (Phi) is 17.9. The lowest BCUT2D eigenvalue weighted by Gasteiger charge is -2.18. The van der Waals surface area contributed by atoms with Crippen molar-refractivity contribution in [1.29, 1.82) is 0 Å². The van der Waals surface area contributed by atoms with Gasteiger partial charge in [-0.1, -0.05) is 24.3 Å². The Labute approximate surface area is 552 Å². The topological polar surface area (TPSA) is 575 Å². The summed E-state index contributed by atoms with van der Waals surface area (Å²) in [5.74, 6) is -40.8. The standard InChI is InChI=1S/C66H40O34/c67-34-6-24(7-35(68)51(34)79)60(86)95-47-18-30(19-48(96-61(87)25-8-36(69)52(80)37(70)9-25)57(47)99-65(91)28-14-42(75)55(83)43(76)15-28)59(85)93-32-5-23-3-1-2-4-33(23)46(22-32)94-64(90)31-20-49(97-62(88)26-10-38(71)53(81)39(72)11-26)58(100-66(92)29-16-44(77)56(84)45(78)17-29)50(21-31)98-63(89)27-12-40(73)54(82)41(74)13-27/h1-22,67-84H. The summed E-state index contributed by atoms with van der Waals surface area (Å²) in [6, 6.07) is 16.7. The molecule has 0 saturated carbocycles. The van der Waals surface area contributed by atoms with Gasteiger partial charge < -0.3 is 130 Å². The molecule has 0 fully saturated rings. The number of hydrogen-bond donors (Lipinski definition) is 18. The van der Waals surface area contributed by atoms with Crippen molar-refractivity contribution in [3.05, 3.63) is 178 Å². The average Bonchev–Trinajstić information content (AvgIpc) is 0.781. The van der Waals surface area contributed by atoms with Crippen LogP contribution in [0.25, 0.3) is 10.8 Å². The van der Waals surface area contributed by atoms with Crippen LogP contribution in [0.3, 0.4) is 0 Å². The van der Waals surface area contributed by atoms with E-state index in [1.165, 1.54) is 24.3 Å². The Bertz CT molecular complexity index is 4860. The van der Waals surface area contributed by atoms with Gasteiger partial charge in [0, 0.05) is 11.5 Å². The van der Waals surface area contributed by atoms with E-state index in [1.807, 2.05) is 0 Å². The number of esters is 8. The molecule has 0 bridgehead atoms. The average molecular weight is 1380 g/mol. The number of phenolic OH excluding ortho intramolecular Hbond substituents is 18. The zero-order valence-electron chi connectivity index (χ0n) is 49.3. The van der Waals surface area contributed by atoms with Gasteiger partial charge in [0.25, 0.3) is 0 Å². The van der Waals surface area contributed by atoms with Gasteiger partial charge in [-0.2, -0.15) is 0 Å². The molecule has 10 rings (SSSR count). The Balaban J connectivity index is 1.08. The third-order valence-electron chi connectivity index (χ3n) is 13.8. The first kappa shape index (κ1) is 67.5. The molecular weight excluding hydrogens is 1340 g/mol. The van der Waals surface area contributed by atoms with E-state index in [1.54, 1.807) is 0 Å². The second-order valence-electron chi connectivity index (χ2n) is 20.5. The lowest BCUT2D eigenvalue weighted by Crippen LogP contribution is -2.17. The zero-order chi connectivity index (χ0) is 72.6. The van der Waals surface area contributed by atoms with Gasteiger partial charge in [0.15, 0.2) is 126 Å². The zero-order valence-corrected chi connectivity index (χ0v) is 49.3. The molecule has 100 heavy (non-hydrogen) atoms. The van der Waals surface area contributed by atoms with Crippen molar-refractivity contribution in [2.75, 3.05) is 0 Å². The lowest BCUT2D eigenvalue weighted by atomic mass is 10.1. The number of carbonyl (C=O) groups is 8. The molecule has 10 aromatic rings. The van der Waals surface area contributed by atoms with Gasteiger partial charge in [0.2, 0.25) is 11.5 Å². The van der Waals surface area contributed by atoms with Crippen molar-refractivity contribution < 1.29 is 168 Å². The predicted octanol–water partition coefficient (Wildman–Crippen LogP) is 7.29. The molecule has 0 aliphatic heterocycles. The molecular formula is C66H40O34. The smallest absolute Gasteiger partial charge is 0.344 e. The monoisotopic (exact) mass is 1380 g/mol. The maximum absolute atomic E-state index is 14.7. The van der Waals surface area contributed by atoms with Crippen molar-refractivity contribution in [2.24, 2.45) is 0 Å². The van der Waals surface area contributed by atoms with Gasteiger partial charge in [-0.05, 0) is 109 Å². The van der Waals surface area contributed by atoms with Crippen molar-refractivity contribution in [3.8, 4) is 149 Å². The molecule has 34 heteroatoms. The normalized spacial score (nSPS) is 10.8. The molecule has 0 aliphatic carbocycles. The molecule has 0 heterocycles. The summed E-state index contributed by atoms with van der Waals surface area (Å²) in [7, 11) is 0. The van der Waals surface area contributed by atoms with Crippen LogP contribution in [0.5, 0.6) is 149 Å². The number of hydrogen-bond acceptors (Lipinski definition) is 34. The van der Waals surface area contributed by atoms with Crippen molar-refractivity contribution in [1.82, 2.24) is 0 Å². The highest BCUT2D eigenvalue weighted by atomic mass is 16.6. The fraction of sp³-hybridized carbons (Fsp3) is 0. The molecule has 0 radical (unpaired) electrons. The Morgan fingerprint density at radius 2 is 0.410 bits per heavy atom. The SMILES string of the molecule is O=C(Oc1cc(OC(=O)c2cc(OC(=O)c3cc(O)c(O)c(O)c3)c(OC(=O)c3cc(O)c(O)c(O)c3)c(OC(=O)c3cc(O)c(O)c(O)c3)c2)c2ccccc2c1)c1cc(OC(=O)c2cc(O)c(O)c(O)c2)c(OC(=O)c2cc(O)c(O)c(O)c2)c(OC(=O)c2cc(O)c(O)c(O)c2)c1. The maximum Gasteiger partial charge on any atom is 0.344 e. The van der Waals surface area contributed by atoms with Crippen LogP contribution in [0.4, 0.5) is 0 Å². The summed E-state index contributed by atoms with van der Waals surface area (Å²) in [6.45, 7) is 0. The van der Waals surface area contributed by atoms with Crippen molar-refractivity contribution in [3.63, 3.8) is 0 Å². The summed E-state index contributed by atoms with van der Waals surface area (Å²) in [5, 5.41) is 183. The maximum atomic E-state index is 14.7. The molecule has 0 atom stereocenters. The number of fused-ring (bicyclic) bond motifs is 1. The quantitative estimate of drug-likeness (QED) is 0.0256. The van der Waals surface area contributed by atoms with Crippen LogP contribution in [0.15, 0.2) is 133 Å². The number of aromatic hydroxyl groups is 18. The first-order chi connectivity index (χ1) is 47.2. The first-order valence-electron chi connectivity index (χ1n) is 27.4. The minimum Gasteiger partial charge on any atom is -0.504 e. The molecule has 0 aromatic heterocycles. The highest BCUT2D eigenvalue weighted by Gasteiger charge is 2.32.